The van der Waals surface area contributed by atoms with Crippen molar-refractivity contribution in [2.24, 2.45) is 0 Å². The lowest BCUT2D eigenvalue weighted by molar-refractivity contribution is -0.385. The van der Waals surface area contributed by atoms with Gasteiger partial charge in [-0.05, 0) is 18.4 Å². The van der Waals surface area contributed by atoms with Crippen molar-refractivity contribution < 1.29 is 9.66 Å². The normalized spacial score (nSPS) is 10.7. The van der Waals surface area contributed by atoms with Crippen LogP contribution in [0.2, 0.25) is 0 Å². The van der Waals surface area contributed by atoms with Gasteiger partial charge in [-0.15, -0.1) is 0 Å². The van der Waals surface area contributed by atoms with E-state index in [2.05, 4.69) is 0 Å². The molecule has 2 aromatic carbocycles. The molecule has 3 aromatic rings. The Balaban J connectivity index is 1.79. The number of nitrogens with zero attached hydrogens (tertiary/aromatic N) is 2. The van der Waals surface area contributed by atoms with Crippen LogP contribution in [-0.2, 0) is 6.54 Å². The number of hydrogen-bond donors (Lipinski definition) is 0. The smallest absolute Gasteiger partial charge is 0.286 e. The van der Waals surface area contributed by atoms with Crippen LogP contribution in [0.25, 0.3) is 10.8 Å². The largest absolute Gasteiger partial charge is 0.491 e. The molecule has 0 spiro atoms. The van der Waals surface area contributed by atoms with Crippen LogP contribution in [0.1, 0.15) is 5.56 Å². The van der Waals surface area contributed by atoms with Crippen LogP contribution >= 0.6 is 0 Å². The first-order valence-electron chi connectivity index (χ1n) is 7.52. The summed E-state index contributed by atoms with van der Waals surface area (Å²) in [4.78, 5) is 22.5. The van der Waals surface area contributed by atoms with Crippen molar-refractivity contribution in [3.8, 4) is 5.75 Å². The number of rotatable bonds is 5. The highest BCUT2D eigenvalue weighted by Crippen LogP contribution is 2.25. The first-order chi connectivity index (χ1) is 11.6. The van der Waals surface area contributed by atoms with E-state index in [0.29, 0.717) is 5.56 Å². The maximum absolute atomic E-state index is 12.1. The maximum Gasteiger partial charge on any atom is 0.286 e. The lowest BCUT2D eigenvalue weighted by Crippen LogP contribution is -2.24. The second-order valence-electron chi connectivity index (χ2n) is 5.46. The van der Waals surface area contributed by atoms with Gasteiger partial charge in [0, 0.05) is 17.0 Å². The van der Waals surface area contributed by atoms with Crippen LogP contribution in [0, 0.1) is 17.0 Å². The van der Waals surface area contributed by atoms with Gasteiger partial charge in [-0.1, -0.05) is 36.4 Å². The molecule has 0 aliphatic rings. The number of aromatic nitrogens is 1. The number of aryl methyl sites for hydroxylation is 1. The summed E-state index contributed by atoms with van der Waals surface area (Å²) in [5.41, 5.74) is -0.00579. The van der Waals surface area contributed by atoms with Gasteiger partial charge < -0.3 is 9.30 Å². The fourth-order valence-corrected chi connectivity index (χ4v) is 2.61. The number of nitro groups is 1. The number of pyridine rings is 1. The standard InChI is InChI=1S/C18H16N2O4/c1-13-11-15(20(22)23)12-19(18(13)21)9-10-24-17-8-4-6-14-5-2-3-7-16(14)17/h2-8,11-12H,9-10H2,1H3. The van der Waals surface area contributed by atoms with Crippen LogP contribution in [-0.4, -0.2) is 16.1 Å². The van der Waals surface area contributed by atoms with Crippen LogP contribution in [0.5, 0.6) is 5.75 Å². The summed E-state index contributed by atoms with van der Waals surface area (Å²) in [6, 6.07) is 14.9. The minimum absolute atomic E-state index is 0.0998. The Morgan fingerprint density at radius 1 is 1.17 bits per heavy atom. The van der Waals surface area contributed by atoms with Crippen LogP contribution in [0.4, 0.5) is 5.69 Å². The third-order valence-electron chi connectivity index (χ3n) is 3.80. The van der Waals surface area contributed by atoms with Gasteiger partial charge in [-0.25, -0.2) is 0 Å². The summed E-state index contributed by atoms with van der Waals surface area (Å²) in [6.45, 7) is 2.05. The Hall–Kier alpha value is -3.15. The van der Waals surface area contributed by atoms with Gasteiger partial charge >= 0.3 is 0 Å². The van der Waals surface area contributed by atoms with E-state index in [1.165, 1.54) is 16.8 Å². The molecule has 0 unspecified atom stereocenters. The molecular formula is C18H16N2O4. The van der Waals surface area contributed by atoms with Crippen molar-refractivity contribution >= 4 is 16.5 Å². The Morgan fingerprint density at radius 3 is 2.71 bits per heavy atom. The van der Waals surface area contributed by atoms with E-state index in [0.717, 1.165) is 16.5 Å². The number of ether oxygens (including phenoxy) is 1. The van der Waals surface area contributed by atoms with E-state index in [9.17, 15) is 14.9 Å². The Bertz CT molecular complexity index is 957. The third-order valence-corrected chi connectivity index (χ3v) is 3.80. The van der Waals surface area contributed by atoms with Crippen molar-refractivity contribution in [3.63, 3.8) is 0 Å². The molecule has 0 saturated heterocycles. The van der Waals surface area contributed by atoms with Crippen molar-refractivity contribution in [3.05, 3.63) is 80.8 Å². The van der Waals surface area contributed by atoms with Crippen molar-refractivity contribution in [1.29, 1.82) is 0 Å². The van der Waals surface area contributed by atoms with Crippen molar-refractivity contribution in [2.45, 2.75) is 13.5 Å². The topological polar surface area (TPSA) is 74.4 Å². The molecule has 0 amide bonds. The summed E-state index contributed by atoms with van der Waals surface area (Å²) in [5.74, 6) is 0.725. The van der Waals surface area contributed by atoms with Gasteiger partial charge in [0.05, 0.1) is 17.7 Å². The summed E-state index contributed by atoms with van der Waals surface area (Å²) in [6.07, 6.45) is 1.25. The number of benzene rings is 2. The molecule has 0 atom stereocenters. The van der Waals surface area contributed by atoms with Gasteiger partial charge in [-0.2, -0.15) is 0 Å². The molecule has 24 heavy (non-hydrogen) atoms. The van der Waals surface area contributed by atoms with Crippen LogP contribution in [0.3, 0.4) is 0 Å². The SMILES string of the molecule is Cc1cc([N+](=O)[O-])cn(CCOc2cccc3ccccc23)c1=O. The van der Waals surface area contributed by atoms with Gasteiger partial charge in [0.15, 0.2) is 0 Å². The van der Waals surface area contributed by atoms with E-state index in [4.69, 9.17) is 4.74 Å². The Kier molecular flexibility index (Phi) is 4.29. The highest BCUT2D eigenvalue weighted by molar-refractivity contribution is 5.88. The molecule has 3 rings (SSSR count). The Morgan fingerprint density at radius 2 is 1.92 bits per heavy atom. The van der Waals surface area contributed by atoms with Gasteiger partial charge in [-0.3, -0.25) is 14.9 Å². The number of fused-ring (bicyclic) bond motifs is 1. The molecule has 0 fully saturated rings. The first-order valence-corrected chi connectivity index (χ1v) is 7.52. The molecule has 0 aliphatic carbocycles. The molecule has 6 nitrogen and oxygen atoms in total. The zero-order chi connectivity index (χ0) is 17.1. The second-order valence-corrected chi connectivity index (χ2v) is 5.46. The zero-order valence-electron chi connectivity index (χ0n) is 13.1. The quantitative estimate of drug-likeness (QED) is 0.533. The first kappa shape index (κ1) is 15.7. The van der Waals surface area contributed by atoms with E-state index >= 15 is 0 Å². The van der Waals surface area contributed by atoms with Crippen molar-refractivity contribution in [1.82, 2.24) is 4.57 Å². The summed E-state index contributed by atoms with van der Waals surface area (Å²) >= 11 is 0. The fraction of sp³-hybridized carbons (Fsp3) is 0.167. The molecule has 0 radical (unpaired) electrons. The molecule has 0 N–H and O–H groups in total. The van der Waals surface area contributed by atoms with E-state index in [-0.39, 0.29) is 24.4 Å². The molecule has 0 saturated carbocycles. The monoisotopic (exact) mass is 324 g/mol. The lowest BCUT2D eigenvalue weighted by atomic mass is 10.1. The van der Waals surface area contributed by atoms with Gasteiger partial charge in [0.25, 0.3) is 11.2 Å². The van der Waals surface area contributed by atoms with Gasteiger partial charge in [0.2, 0.25) is 0 Å². The van der Waals surface area contributed by atoms with Crippen LogP contribution in [0.15, 0.2) is 59.5 Å². The predicted octanol–water partition coefficient (Wildman–Crippen LogP) is 3.30. The number of hydrogen-bond acceptors (Lipinski definition) is 4. The van der Waals surface area contributed by atoms with E-state index in [1.54, 1.807) is 6.92 Å². The zero-order valence-corrected chi connectivity index (χ0v) is 13.1. The van der Waals surface area contributed by atoms with Crippen LogP contribution < -0.4 is 10.3 Å². The van der Waals surface area contributed by atoms with Crippen molar-refractivity contribution in [2.75, 3.05) is 6.61 Å². The molecule has 6 heteroatoms. The second kappa shape index (κ2) is 6.54. The van der Waals surface area contributed by atoms with Gasteiger partial charge in [0.1, 0.15) is 12.4 Å². The summed E-state index contributed by atoms with van der Waals surface area (Å²) < 4.78 is 7.11. The molecule has 0 bridgehead atoms. The average molecular weight is 324 g/mol. The molecule has 0 aliphatic heterocycles. The molecule has 122 valence electrons. The molecular weight excluding hydrogens is 308 g/mol. The minimum Gasteiger partial charge on any atom is -0.491 e. The predicted molar refractivity (Wildman–Crippen MR) is 91.5 cm³/mol. The fourth-order valence-electron chi connectivity index (χ4n) is 2.61. The maximum atomic E-state index is 12.1. The molecule has 1 heterocycles. The minimum atomic E-state index is -0.505. The summed E-state index contributed by atoms with van der Waals surface area (Å²) in [7, 11) is 0. The third kappa shape index (κ3) is 3.12. The molecule has 1 aromatic heterocycles. The highest BCUT2D eigenvalue weighted by Gasteiger charge is 2.11. The average Bonchev–Trinajstić information content (AvgIpc) is 2.58. The summed E-state index contributed by atoms with van der Waals surface area (Å²) in [5, 5.41) is 13.0. The Labute approximate surface area is 138 Å². The van der Waals surface area contributed by atoms with E-state index in [1.807, 2.05) is 42.5 Å². The van der Waals surface area contributed by atoms with E-state index < -0.39 is 4.92 Å². The highest BCUT2D eigenvalue weighted by atomic mass is 16.6. The lowest BCUT2D eigenvalue weighted by Gasteiger charge is -2.11.